The quantitative estimate of drug-likeness (QED) is 0.150. The molecule has 0 radical (unpaired) electrons. The van der Waals surface area contributed by atoms with Crippen molar-refractivity contribution < 1.29 is 66.0 Å². The molecule has 0 fully saturated rings. The van der Waals surface area contributed by atoms with Crippen LogP contribution in [-0.4, -0.2) is 24.7 Å². The van der Waals surface area contributed by atoms with Crippen molar-refractivity contribution in [2.75, 3.05) is 11.4 Å². The van der Waals surface area contributed by atoms with Crippen molar-refractivity contribution >= 4 is 17.7 Å². The molecule has 1 heterocycles. The Labute approximate surface area is 264 Å². The van der Waals surface area contributed by atoms with Crippen LogP contribution in [0.15, 0.2) is 24.3 Å². The predicted molar refractivity (Wildman–Crippen MR) is 147 cm³/mol. The standard InChI is InChI=1S/C31H51NO3.K/c1-4-5-6-7-8-9-10-11-12-13-14-15-16-17-18-19-24-32-26(2)27(3)35-30-25-28(20-22-29(30)32)21-23-31(33)34;/h20-23,25-27H,4-19,24H2,1-3H3,(H,33,34);/q;+1/p-1/b23-21-;. The van der Waals surface area contributed by atoms with Crippen LogP contribution in [0.2, 0.25) is 0 Å². The van der Waals surface area contributed by atoms with Gasteiger partial charge in [0.2, 0.25) is 0 Å². The molecule has 2 unspecified atom stereocenters. The first-order valence-electron chi connectivity index (χ1n) is 14.5. The molecule has 2 atom stereocenters. The normalized spacial score (nSPS) is 17.0. The minimum Gasteiger partial charge on any atom is -0.545 e. The Balaban J connectivity index is 0.00000648. The second-order valence-corrected chi connectivity index (χ2v) is 10.4. The van der Waals surface area contributed by atoms with E-state index in [2.05, 4.69) is 31.7 Å². The average molecular weight is 524 g/mol. The van der Waals surface area contributed by atoms with E-state index in [9.17, 15) is 9.90 Å². The summed E-state index contributed by atoms with van der Waals surface area (Å²) in [6.45, 7) is 7.66. The number of benzene rings is 1. The summed E-state index contributed by atoms with van der Waals surface area (Å²) in [7, 11) is 0. The summed E-state index contributed by atoms with van der Waals surface area (Å²) in [5.74, 6) is -0.344. The summed E-state index contributed by atoms with van der Waals surface area (Å²) < 4.78 is 6.12. The number of nitrogens with zero attached hydrogens (tertiary/aromatic N) is 1. The fourth-order valence-electron chi connectivity index (χ4n) is 5.06. The molecule has 1 aliphatic rings. The van der Waals surface area contributed by atoms with E-state index in [0.29, 0.717) is 6.04 Å². The number of hydrogen-bond acceptors (Lipinski definition) is 4. The molecule has 5 heteroatoms. The van der Waals surface area contributed by atoms with Crippen LogP contribution in [0.5, 0.6) is 5.75 Å². The average Bonchev–Trinajstić information content (AvgIpc) is 2.84. The van der Waals surface area contributed by atoms with Gasteiger partial charge in [-0.1, -0.05) is 115 Å². The molecule has 1 aromatic carbocycles. The summed E-state index contributed by atoms with van der Waals surface area (Å²) in [5.41, 5.74) is 1.93. The number of carboxylic acid groups (broad SMARTS) is 1. The Hall–Kier alpha value is -0.334. The smallest absolute Gasteiger partial charge is 0.545 e. The van der Waals surface area contributed by atoms with E-state index in [1.54, 1.807) is 6.08 Å². The van der Waals surface area contributed by atoms with Gasteiger partial charge in [-0.15, -0.1) is 0 Å². The van der Waals surface area contributed by atoms with Crippen LogP contribution in [0.4, 0.5) is 5.69 Å². The van der Waals surface area contributed by atoms with E-state index in [0.717, 1.165) is 29.6 Å². The Bertz CT molecular complexity index is 751. The van der Waals surface area contributed by atoms with Crippen LogP contribution in [0, 0.1) is 0 Å². The van der Waals surface area contributed by atoms with E-state index in [1.165, 1.54) is 103 Å². The van der Waals surface area contributed by atoms with Crippen LogP contribution in [-0.2, 0) is 4.79 Å². The maximum Gasteiger partial charge on any atom is 1.00 e. The van der Waals surface area contributed by atoms with E-state index >= 15 is 0 Å². The van der Waals surface area contributed by atoms with Crippen molar-refractivity contribution in [2.45, 2.75) is 136 Å². The molecule has 0 saturated carbocycles. The monoisotopic (exact) mass is 523 g/mol. The van der Waals surface area contributed by atoms with Gasteiger partial charge in [0, 0.05) is 6.54 Å². The van der Waals surface area contributed by atoms with Gasteiger partial charge in [0.25, 0.3) is 0 Å². The minimum absolute atomic E-state index is 0. The molecule has 0 aliphatic carbocycles. The third-order valence-corrected chi connectivity index (χ3v) is 7.44. The molecular weight excluding hydrogens is 473 g/mol. The first-order valence-corrected chi connectivity index (χ1v) is 14.5. The van der Waals surface area contributed by atoms with Crippen LogP contribution in [0.25, 0.3) is 6.08 Å². The minimum atomic E-state index is -1.18. The SMILES string of the molecule is CCCCCCCCCCCCCCCCCCN1c2ccc(/C=C\C(=O)[O-])cc2OC(C)C1C.[K+]. The number of aliphatic carboxylic acids is 1. The van der Waals surface area contributed by atoms with Gasteiger partial charge < -0.3 is 19.5 Å². The Kier molecular flexibility index (Phi) is 19.3. The third-order valence-electron chi connectivity index (χ3n) is 7.44. The van der Waals surface area contributed by atoms with Crippen LogP contribution >= 0.6 is 0 Å². The molecule has 0 spiro atoms. The Morgan fingerprint density at radius 1 is 0.861 bits per heavy atom. The summed E-state index contributed by atoms with van der Waals surface area (Å²) in [4.78, 5) is 13.2. The number of carbonyl (C=O) groups excluding carboxylic acids is 1. The molecule has 36 heavy (non-hydrogen) atoms. The number of carbonyl (C=O) groups is 1. The third kappa shape index (κ3) is 13.5. The summed E-state index contributed by atoms with van der Waals surface area (Å²) in [6.07, 6.45) is 24.9. The molecule has 0 N–H and O–H groups in total. The van der Waals surface area contributed by atoms with Gasteiger partial charge in [0.15, 0.2) is 0 Å². The number of anilines is 1. The predicted octanol–water partition coefficient (Wildman–Crippen LogP) is 4.69. The van der Waals surface area contributed by atoms with Gasteiger partial charge >= 0.3 is 51.4 Å². The molecule has 1 aliphatic heterocycles. The van der Waals surface area contributed by atoms with Gasteiger partial charge in [-0.2, -0.15) is 0 Å². The molecule has 4 nitrogen and oxygen atoms in total. The van der Waals surface area contributed by atoms with Crippen molar-refractivity contribution in [3.8, 4) is 5.75 Å². The largest absolute Gasteiger partial charge is 1.00 e. The van der Waals surface area contributed by atoms with Gasteiger partial charge in [0.05, 0.1) is 17.7 Å². The number of carboxylic acids is 1. The van der Waals surface area contributed by atoms with E-state index in [4.69, 9.17) is 4.74 Å². The molecule has 0 amide bonds. The zero-order valence-electron chi connectivity index (χ0n) is 23.7. The van der Waals surface area contributed by atoms with Gasteiger partial charge in [-0.25, -0.2) is 0 Å². The van der Waals surface area contributed by atoms with Gasteiger partial charge in [0.1, 0.15) is 11.9 Å². The summed E-state index contributed by atoms with van der Waals surface area (Å²) in [5, 5.41) is 10.7. The molecule has 198 valence electrons. The summed E-state index contributed by atoms with van der Waals surface area (Å²) >= 11 is 0. The van der Waals surface area contributed by atoms with Gasteiger partial charge in [-0.3, -0.25) is 0 Å². The van der Waals surface area contributed by atoms with Crippen molar-refractivity contribution in [2.24, 2.45) is 0 Å². The maximum atomic E-state index is 10.7. The zero-order chi connectivity index (χ0) is 25.3. The first kappa shape index (κ1) is 33.7. The zero-order valence-corrected chi connectivity index (χ0v) is 26.9. The van der Waals surface area contributed by atoms with Crippen LogP contribution in [0.1, 0.15) is 129 Å². The number of ether oxygens (including phenoxy) is 1. The molecule has 0 saturated heterocycles. The topological polar surface area (TPSA) is 52.6 Å². The number of fused-ring (bicyclic) bond motifs is 1. The van der Waals surface area contributed by atoms with Crippen LogP contribution in [0.3, 0.4) is 0 Å². The van der Waals surface area contributed by atoms with Crippen molar-refractivity contribution in [3.63, 3.8) is 0 Å². The van der Waals surface area contributed by atoms with E-state index in [1.807, 2.05) is 12.1 Å². The molecule has 0 aromatic heterocycles. The maximum absolute atomic E-state index is 10.7. The van der Waals surface area contributed by atoms with E-state index < -0.39 is 5.97 Å². The van der Waals surface area contributed by atoms with Crippen LogP contribution < -0.4 is 66.1 Å². The Morgan fingerprint density at radius 2 is 1.36 bits per heavy atom. The van der Waals surface area contributed by atoms with Crippen molar-refractivity contribution in [1.82, 2.24) is 0 Å². The van der Waals surface area contributed by atoms with E-state index in [-0.39, 0.29) is 57.5 Å². The number of unbranched alkanes of at least 4 members (excludes halogenated alkanes) is 15. The second kappa shape index (κ2) is 20.6. The number of hydrogen-bond donors (Lipinski definition) is 0. The fourth-order valence-corrected chi connectivity index (χ4v) is 5.06. The fraction of sp³-hybridized carbons (Fsp3) is 0.710. The molecule has 1 aromatic rings. The number of rotatable bonds is 19. The molecular formula is C31H50KNO3. The molecule has 0 bridgehead atoms. The van der Waals surface area contributed by atoms with Crippen molar-refractivity contribution in [1.29, 1.82) is 0 Å². The Morgan fingerprint density at radius 3 is 1.86 bits per heavy atom. The van der Waals surface area contributed by atoms with Crippen molar-refractivity contribution in [3.05, 3.63) is 29.8 Å². The molecule has 2 rings (SSSR count). The second-order valence-electron chi connectivity index (χ2n) is 10.4. The first-order chi connectivity index (χ1) is 17.0. The summed E-state index contributed by atoms with van der Waals surface area (Å²) in [6, 6.07) is 6.26. The van der Waals surface area contributed by atoms with Gasteiger partial charge in [-0.05, 0) is 44.0 Å².